The summed E-state index contributed by atoms with van der Waals surface area (Å²) in [7, 11) is 0. The van der Waals surface area contributed by atoms with E-state index in [1.165, 1.54) is 35.2 Å². The molecule has 138 valence electrons. The number of benzene rings is 2. The van der Waals surface area contributed by atoms with Crippen molar-refractivity contribution in [2.75, 3.05) is 29.2 Å². The van der Waals surface area contributed by atoms with E-state index in [1.807, 2.05) is 24.0 Å². The molecular formula is C22H27ClN2O. The third kappa shape index (κ3) is 4.04. The number of amides is 1. The maximum Gasteiger partial charge on any atom is 0.241 e. The lowest BCUT2D eigenvalue weighted by Crippen LogP contribution is -2.36. The van der Waals surface area contributed by atoms with Crippen molar-refractivity contribution in [2.45, 2.75) is 39.5 Å². The van der Waals surface area contributed by atoms with Gasteiger partial charge in [-0.15, -0.1) is 11.6 Å². The molecule has 2 aliphatic heterocycles. The van der Waals surface area contributed by atoms with Gasteiger partial charge in [0.05, 0.1) is 0 Å². The zero-order valence-electron chi connectivity index (χ0n) is 15.6. The first-order chi connectivity index (χ1) is 12.6. The fourth-order valence-electron chi connectivity index (χ4n) is 3.85. The fourth-order valence-corrected chi connectivity index (χ4v) is 3.99. The number of nitrogens with one attached hydrogen (secondary N) is 1. The summed E-state index contributed by atoms with van der Waals surface area (Å²) in [6.07, 6.45) is 4.60. The number of rotatable bonds is 1. The van der Waals surface area contributed by atoms with Gasteiger partial charge in [0.1, 0.15) is 5.88 Å². The second kappa shape index (κ2) is 8.59. The molecule has 0 saturated carbocycles. The second-order valence-electron chi connectivity index (χ2n) is 7.00. The van der Waals surface area contributed by atoms with Gasteiger partial charge in [-0.05, 0) is 61.8 Å². The minimum absolute atomic E-state index is 0.00640. The average Bonchev–Trinajstić information content (AvgIpc) is 2.68. The largest absolute Gasteiger partial charge is 0.385 e. The molecule has 0 saturated heterocycles. The van der Waals surface area contributed by atoms with Gasteiger partial charge in [-0.1, -0.05) is 36.4 Å². The standard InChI is InChI=1S/C12H14ClNO.C10H13N/c1-9-4-2-5-10-6-3-7-14(12(9)10)11(15)8-13;1-8-4-2-5-9-6-3-7-11-10(8)9/h2,4-5H,3,6-8H2,1H3;2,4-5,11H,3,6-7H2,1H3. The molecule has 0 aromatic heterocycles. The van der Waals surface area contributed by atoms with Crippen LogP contribution in [0.1, 0.15) is 35.1 Å². The highest BCUT2D eigenvalue weighted by Gasteiger charge is 2.22. The lowest BCUT2D eigenvalue weighted by molar-refractivity contribution is -0.116. The van der Waals surface area contributed by atoms with Crippen molar-refractivity contribution in [1.82, 2.24) is 0 Å². The molecule has 26 heavy (non-hydrogen) atoms. The van der Waals surface area contributed by atoms with E-state index in [0.717, 1.165) is 37.2 Å². The van der Waals surface area contributed by atoms with E-state index in [2.05, 4.69) is 36.5 Å². The number of fused-ring (bicyclic) bond motifs is 2. The number of aryl methyl sites for hydroxylation is 4. The lowest BCUT2D eigenvalue weighted by Gasteiger charge is -2.30. The molecule has 1 amide bonds. The molecule has 2 aromatic rings. The molecule has 2 heterocycles. The number of anilines is 2. The summed E-state index contributed by atoms with van der Waals surface area (Å²) in [4.78, 5) is 13.5. The van der Waals surface area contributed by atoms with E-state index < -0.39 is 0 Å². The van der Waals surface area contributed by atoms with Gasteiger partial charge in [-0.2, -0.15) is 0 Å². The maximum absolute atomic E-state index is 11.7. The van der Waals surface area contributed by atoms with Crippen LogP contribution in [-0.4, -0.2) is 24.9 Å². The highest BCUT2D eigenvalue weighted by atomic mass is 35.5. The number of para-hydroxylation sites is 2. The third-order valence-corrected chi connectivity index (χ3v) is 5.35. The van der Waals surface area contributed by atoms with E-state index in [1.54, 1.807) is 0 Å². The minimum Gasteiger partial charge on any atom is -0.385 e. The van der Waals surface area contributed by atoms with Gasteiger partial charge >= 0.3 is 0 Å². The number of hydrogen-bond acceptors (Lipinski definition) is 2. The van der Waals surface area contributed by atoms with Crippen LogP contribution in [-0.2, 0) is 17.6 Å². The van der Waals surface area contributed by atoms with Crippen molar-refractivity contribution < 1.29 is 4.79 Å². The molecule has 4 rings (SSSR count). The highest BCUT2D eigenvalue weighted by Crippen LogP contribution is 2.30. The first-order valence-corrected chi connectivity index (χ1v) is 9.92. The molecule has 0 spiro atoms. The van der Waals surface area contributed by atoms with Crippen LogP contribution in [0.15, 0.2) is 36.4 Å². The predicted octanol–water partition coefficient (Wildman–Crippen LogP) is 4.87. The van der Waals surface area contributed by atoms with Crippen molar-refractivity contribution in [3.8, 4) is 0 Å². The van der Waals surface area contributed by atoms with Crippen LogP contribution < -0.4 is 10.2 Å². The van der Waals surface area contributed by atoms with Crippen molar-refractivity contribution in [2.24, 2.45) is 0 Å². The zero-order chi connectivity index (χ0) is 18.5. The van der Waals surface area contributed by atoms with Gasteiger partial charge in [0.2, 0.25) is 5.91 Å². The van der Waals surface area contributed by atoms with E-state index >= 15 is 0 Å². The van der Waals surface area contributed by atoms with Crippen LogP contribution in [0.4, 0.5) is 11.4 Å². The van der Waals surface area contributed by atoms with E-state index in [4.69, 9.17) is 11.6 Å². The summed E-state index contributed by atoms with van der Waals surface area (Å²) in [6.45, 7) is 6.14. The fraction of sp³-hybridized carbons (Fsp3) is 0.409. The molecule has 0 unspecified atom stereocenters. The number of carbonyl (C=O) groups excluding carboxylic acids is 1. The molecule has 0 atom stereocenters. The summed E-state index contributed by atoms with van der Waals surface area (Å²) in [5, 5.41) is 3.43. The van der Waals surface area contributed by atoms with Crippen molar-refractivity contribution >= 4 is 28.9 Å². The molecule has 0 fully saturated rings. The number of hydrogen-bond donors (Lipinski definition) is 1. The van der Waals surface area contributed by atoms with E-state index in [0.29, 0.717) is 0 Å². The summed E-state index contributed by atoms with van der Waals surface area (Å²) in [6, 6.07) is 12.7. The van der Waals surface area contributed by atoms with Crippen LogP contribution in [0.5, 0.6) is 0 Å². The monoisotopic (exact) mass is 370 g/mol. The SMILES string of the molecule is Cc1cccc2c1N(C(=O)CCl)CCC2.Cc1cccc2c1NCCC2. The second-order valence-corrected chi connectivity index (χ2v) is 7.27. The Kier molecular flexibility index (Phi) is 6.20. The van der Waals surface area contributed by atoms with Crippen LogP contribution in [0.3, 0.4) is 0 Å². The van der Waals surface area contributed by atoms with Crippen molar-refractivity contribution in [3.05, 3.63) is 58.7 Å². The van der Waals surface area contributed by atoms with Gasteiger partial charge in [-0.3, -0.25) is 4.79 Å². The summed E-state index contributed by atoms with van der Waals surface area (Å²) < 4.78 is 0. The summed E-state index contributed by atoms with van der Waals surface area (Å²) >= 11 is 5.61. The molecule has 2 aliphatic rings. The Morgan fingerprint density at radius 2 is 1.73 bits per heavy atom. The normalized spacial score (nSPS) is 15.1. The van der Waals surface area contributed by atoms with Crippen LogP contribution in [0.25, 0.3) is 0 Å². The molecular weight excluding hydrogens is 344 g/mol. The quantitative estimate of drug-likeness (QED) is 0.726. The molecule has 0 bridgehead atoms. The summed E-state index contributed by atoms with van der Waals surface area (Å²) in [5.41, 5.74) is 7.73. The van der Waals surface area contributed by atoms with Gasteiger partial charge in [-0.25, -0.2) is 0 Å². The smallest absolute Gasteiger partial charge is 0.241 e. The number of halogens is 1. The molecule has 4 heteroatoms. The number of nitrogens with zero attached hydrogens (tertiary/aromatic N) is 1. The minimum atomic E-state index is 0.00640. The topological polar surface area (TPSA) is 32.3 Å². The maximum atomic E-state index is 11.7. The third-order valence-electron chi connectivity index (χ3n) is 5.12. The number of carbonyl (C=O) groups is 1. The van der Waals surface area contributed by atoms with E-state index in [-0.39, 0.29) is 11.8 Å². The zero-order valence-corrected chi connectivity index (χ0v) is 16.4. The van der Waals surface area contributed by atoms with Crippen molar-refractivity contribution in [3.63, 3.8) is 0 Å². The summed E-state index contributed by atoms with van der Waals surface area (Å²) in [5.74, 6) is 0.0697. The first kappa shape index (κ1) is 18.8. The van der Waals surface area contributed by atoms with E-state index in [9.17, 15) is 4.79 Å². The molecule has 0 radical (unpaired) electrons. The highest BCUT2D eigenvalue weighted by molar-refractivity contribution is 6.29. The Bertz CT molecular complexity index is 788. The van der Waals surface area contributed by atoms with Crippen molar-refractivity contribution in [1.29, 1.82) is 0 Å². The average molecular weight is 371 g/mol. The van der Waals surface area contributed by atoms with Crippen LogP contribution in [0, 0.1) is 13.8 Å². The Labute approximate surface area is 161 Å². The van der Waals surface area contributed by atoms with Crippen LogP contribution >= 0.6 is 11.6 Å². The Balaban J connectivity index is 0.000000158. The Morgan fingerprint density at radius 1 is 1.04 bits per heavy atom. The molecule has 1 N–H and O–H groups in total. The van der Waals surface area contributed by atoms with Crippen LogP contribution in [0.2, 0.25) is 0 Å². The van der Waals surface area contributed by atoms with Gasteiger partial charge in [0, 0.05) is 24.5 Å². The number of alkyl halides is 1. The van der Waals surface area contributed by atoms with Gasteiger partial charge in [0.25, 0.3) is 0 Å². The Morgan fingerprint density at radius 3 is 2.46 bits per heavy atom. The Hall–Kier alpha value is -2.00. The molecule has 2 aromatic carbocycles. The lowest BCUT2D eigenvalue weighted by atomic mass is 9.98. The van der Waals surface area contributed by atoms with Gasteiger partial charge < -0.3 is 10.2 Å². The first-order valence-electron chi connectivity index (χ1n) is 9.39. The molecule has 0 aliphatic carbocycles. The molecule has 3 nitrogen and oxygen atoms in total. The predicted molar refractivity (Wildman–Crippen MR) is 111 cm³/mol. The van der Waals surface area contributed by atoms with Gasteiger partial charge in [0.15, 0.2) is 0 Å².